The Hall–Kier alpha value is -1.78. The van der Waals surface area contributed by atoms with Gasteiger partial charge in [0.2, 0.25) is 0 Å². The molecule has 0 aromatic heterocycles. The molecular weight excluding hydrogens is 330 g/mol. The van der Waals surface area contributed by atoms with Crippen molar-refractivity contribution in [2.45, 2.75) is 51.4 Å². The number of benzene rings is 2. The molecule has 0 fully saturated rings. The minimum Gasteiger partial charge on any atom is -0.591 e. The molecule has 1 aliphatic rings. The fourth-order valence-electron chi connectivity index (χ4n) is 2.79. The first kappa shape index (κ1) is 18.0. The molecule has 0 amide bonds. The van der Waals surface area contributed by atoms with Gasteiger partial charge in [-0.3, -0.25) is 0 Å². The summed E-state index contributed by atoms with van der Waals surface area (Å²) in [7, 11) is 0. The molecule has 1 atom stereocenters. The fraction of sp³-hybridized carbons (Fsp3) is 0.381. The van der Waals surface area contributed by atoms with Crippen LogP contribution in [-0.2, 0) is 24.4 Å². The fourth-order valence-corrected chi connectivity index (χ4v) is 3.45. The Bertz CT molecular complexity index is 750. The van der Waals surface area contributed by atoms with Gasteiger partial charge in [0.1, 0.15) is 28.5 Å². The predicted octanol–water partition coefficient (Wildman–Crippen LogP) is 4.85. The molecule has 3 rings (SSSR count). The standard InChI is InChI=1S/C21H25NO2S/c1-21(2,3)25(23)22-20-11-7-10-17-12-13-18(14-19(17)20)24-15-16-8-5-4-6-9-16/h4-6,8-9,12-14H,7,10-11,15H2,1-3H3/b22-20+/t25-/m0/s1. The van der Waals surface area contributed by atoms with E-state index in [2.05, 4.69) is 28.7 Å². The van der Waals surface area contributed by atoms with Crippen LogP contribution in [0.25, 0.3) is 0 Å². The summed E-state index contributed by atoms with van der Waals surface area (Å²) in [5.41, 5.74) is 4.44. The summed E-state index contributed by atoms with van der Waals surface area (Å²) in [6.45, 7) is 6.41. The van der Waals surface area contributed by atoms with Gasteiger partial charge in [-0.1, -0.05) is 40.8 Å². The van der Waals surface area contributed by atoms with E-state index in [4.69, 9.17) is 4.74 Å². The Labute approximate surface area is 153 Å². The van der Waals surface area contributed by atoms with E-state index in [0.717, 1.165) is 41.9 Å². The Morgan fingerprint density at radius 2 is 1.84 bits per heavy atom. The highest BCUT2D eigenvalue weighted by Crippen LogP contribution is 2.28. The molecule has 0 saturated heterocycles. The monoisotopic (exact) mass is 355 g/mol. The largest absolute Gasteiger partial charge is 0.591 e. The van der Waals surface area contributed by atoms with Gasteiger partial charge in [-0.15, -0.1) is 0 Å². The molecule has 0 aliphatic heterocycles. The molecule has 0 saturated carbocycles. The van der Waals surface area contributed by atoms with Gasteiger partial charge in [0, 0.05) is 5.56 Å². The van der Waals surface area contributed by atoms with Crippen LogP contribution >= 0.6 is 0 Å². The second-order valence-electron chi connectivity index (χ2n) is 7.35. The van der Waals surface area contributed by atoms with Gasteiger partial charge >= 0.3 is 0 Å². The second-order valence-corrected chi connectivity index (χ2v) is 9.25. The van der Waals surface area contributed by atoms with E-state index >= 15 is 0 Å². The summed E-state index contributed by atoms with van der Waals surface area (Å²) in [4.78, 5) is 0. The maximum atomic E-state index is 12.4. The second kappa shape index (κ2) is 7.63. The van der Waals surface area contributed by atoms with Crippen molar-refractivity contribution in [1.29, 1.82) is 0 Å². The van der Waals surface area contributed by atoms with Crippen molar-refractivity contribution in [3.05, 3.63) is 65.2 Å². The van der Waals surface area contributed by atoms with Gasteiger partial charge in [0.25, 0.3) is 0 Å². The zero-order valence-corrected chi connectivity index (χ0v) is 15.9. The molecule has 0 spiro atoms. The van der Waals surface area contributed by atoms with Gasteiger partial charge in [0.15, 0.2) is 0 Å². The zero-order valence-electron chi connectivity index (χ0n) is 15.1. The number of aryl methyl sites for hydroxylation is 1. The maximum Gasteiger partial charge on any atom is 0.144 e. The van der Waals surface area contributed by atoms with Gasteiger partial charge in [-0.25, -0.2) is 0 Å². The van der Waals surface area contributed by atoms with E-state index in [1.54, 1.807) is 0 Å². The molecule has 0 unspecified atom stereocenters. The first-order valence-corrected chi connectivity index (χ1v) is 9.84. The van der Waals surface area contributed by atoms with Crippen molar-refractivity contribution in [1.82, 2.24) is 0 Å². The molecular formula is C21H25NO2S. The number of nitrogens with zero attached hydrogens (tertiary/aromatic N) is 1. The van der Waals surface area contributed by atoms with Crippen LogP contribution in [0.4, 0.5) is 0 Å². The Balaban J connectivity index is 1.81. The quantitative estimate of drug-likeness (QED) is 0.736. The SMILES string of the molecule is CC(C)(C)[S@+]([O-])/N=C1\CCCc2ccc(OCc3ccccc3)cc21. The van der Waals surface area contributed by atoms with Crippen molar-refractivity contribution in [2.75, 3.05) is 0 Å². The lowest BCUT2D eigenvalue weighted by atomic mass is 9.90. The third kappa shape index (κ3) is 4.65. The van der Waals surface area contributed by atoms with Gasteiger partial charge in [-0.05, 0) is 63.3 Å². The van der Waals surface area contributed by atoms with E-state index in [1.165, 1.54) is 5.56 Å². The van der Waals surface area contributed by atoms with Crippen LogP contribution in [-0.4, -0.2) is 15.0 Å². The molecule has 2 aromatic rings. The molecule has 3 nitrogen and oxygen atoms in total. The first-order chi connectivity index (χ1) is 11.9. The smallest absolute Gasteiger partial charge is 0.144 e. The van der Waals surface area contributed by atoms with Gasteiger partial charge < -0.3 is 9.29 Å². The number of ether oxygens (including phenoxy) is 1. The van der Waals surface area contributed by atoms with E-state index in [0.29, 0.717) is 6.61 Å². The van der Waals surface area contributed by atoms with Crippen molar-refractivity contribution in [3.8, 4) is 5.75 Å². The molecule has 0 N–H and O–H groups in total. The van der Waals surface area contributed by atoms with E-state index < -0.39 is 11.4 Å². The lowest BCUT2D eigenvalue weighted by Gasteiger charge is -2.22. The van der Waals surface area contributed by atoms with Crippen LogP contribution in [0.5, 0.6) is 5.75 Å². The average molecular weight is 356 g/mol. The third-order valence-electron chi connectivity index (χ3n) is 4.22. The van der Waals surface area contributed by atoms with Crippen molar-refractivity contribution in [3.63, 3.8) is 0 Å². The summed E-state index contributed by atoms with van der Waals surface area (Å²) < 4.78 is 22.6. The lowest BCUT2D eigenvalue weighted by molar-refractivity contribution is 0.306. The van der Waals surface area contributed by atoms with Crippen molar-refractivity contribution >= 4 is 17.1 Å². The van der Waals surface area contributed by atoms with E-state index in [-0.39, 0.29) is 4.75 Å². The lowest BCUT2D eigenvalue weighted by Crippen LogP contribution is -2.27. The van der Waals surface area contributed by atoms with Crippen LogP contribution in [0.3, 0.4) is 0 Å². The number of hydrogen-bond acceptors (Lipinski definition) is 3. The van der Waals surface area contributed by atoms with Crippen molar-refractivity contribution < 1.29 is 9.29 Å². The maximum absolute atomic E-state index is 12.4. The van der Waals surface area contributed by atoms with Gasteiger partial charge in [-0.2, -0.15) is 0 Å². The number of hydrogen-bond donors (Lipinski definition) is 0. The van der Waals surface area contributed by atoms with Crippen LogP contribution < -0.4 is 4.74 Å². The summed E-state index contributed by atoms with van der Waals surface area (Å²) >= 11 is -1.24. The minimum absolute atomic E-state index is 0.341. The molecule has 132 valence electrons. The van der Waals surface area contributed by atoms with Crippen LogP contribution in [0.15, 0.2) is 52.9 Å². The number of fused-ring (bicyclic) bond motifs is 1. The minimum atomic E-state index is -1.24. The van der Waals surface area contributed by atoms with Gasteiger partial charge in [0.05, 0.1) is 5.71 Å². The topological polar surface area (TPSA) is 44.7 Å². The Morgan fingerprint density at radius 3 is 2.56 bits per heavy atom. The van der Waals surface area contributed by atoms with E-state index in [9.17, 15) is 4.55 Å². The zero-order chi connectivity index (χ0) is 17.9. The molecule has 2 aromatic carbocycles. The molecule has 4 heteroatoms. The first-order valence-electron chi connectivity index (χ1n) is 8.73. The van der Waals surface area contributed by atoms with Crippen LogP contribution in [0, 0.1) is 0 Å². The highest BCUT2D eigenvalue weighted by Gasteiger charge is 2.28. The molecule has 25 heavy (non-hydrogen) atoms. The molecule has 0 bridgehead atoms. The summed E-state index contributed by atoms with van der Waals surface area (Å²) in [6, 6.07) is 16.3. The Kier molecular flexibility index (Phi) is 5.50. The summed E-state index contributed by atoms with van der Waals surface area (Å²) in [5.74, 6) is 0.832. The summed E-state index contributed by atoms with van der Waals surface area (Å²) in [6.07, 6.45) is 2.96. The highest BCUT2D eigenvalue weighted by atomic mass is 32.2. The third-order valence-corrected chi connectivity index (χ3v) is 5.65. The molecule has 0 radical (unpaired) electrons. The van der Waals surface area contributed by atoms with Crippen molar-refractivity contribution in [2.24, 2.45) is 4.40 Å². The number of rotatable bonds is 4. The average Bonchev–Trinajstić information content (AvgIpc) is 2.60. The molecule has 0 heterocycles. The predicted molar refractivity (Wildman–Crippen MR) is 105 cm³/mol. The van der Waals surface area contributed by atoms with Crippen LogP contribution in [0.2, 0.25) is 0 Å². The van der Waals surface area contributed by atoms with E-state index in [1.807, 2.05) is 45.0 Å². The normalized spacial score (nSPS) is 17.2. The summed E-state index contributed by atoms with van der Waals surface area (Å²) in [5, 5.41) is 0. The van der Waals surface area contributed by atoms with Crippen LogP contribution in [0.1, 0.15) is 50.3 Å². The molecule has 1 aliphatic carbocycles. The highest BCUT2D eigenvalue weighted by molar-refractivity contribution is 7.91. The Morgan fingerprint density at radius 1 is 1.08 bits per heavy atom.